The Labute approximate surface area is 102 Å². The van der Waals surface area contributed by atoms with Crippen LogP contribution in [-0.2, 0) is 21.6 Å². The monoisotopic (exact) mass is 236 g/mol. The number of hydrogen-bond donors (Lipinski definition) is 1. The minimum atomic E-state index is -0.763. The summed E-state index contributed by atoms with van der Waals surface area (Å²) in [5.41, 5.74) is 1.75. The molecule has 1 rings (SSSR count). The zero-order chi connectivity index (χ0) is 13.1. The van der Waals surface area contributed by atoms with Crippen LogP contribution in [0.1, 0.15) is 31.9 Å². The summed E-state index contributed by atoms with van der Waals surface area (Å²) in [6.07, 6.45) is 0.545. The van der Waals surface area contributed by atoms with Crippen molar-refractivity contribution in [3.05, 3.63) is 35.4 Å². The van der Waals surface area contributed by atoms with Gasteiger partial charge in [0.05, 0.1) is 11.5 Å². The number of ether oxygens (including phenoxy) is 1. The fourth-order valence-electron chi connectivity index (χ4n) is 1.63. The highest BCUT2D eigenvalue weighted by Gasteiger charge is 2.20. The maximum Gasteiger partial charge on any atom is 0.306 e. The number of hydrogen-bond acceptors (Lipinski definition) is 2. The summed E-state index contributed by atoms with van der Waals surface area (Å²) in [6, 6.07) is 7.91. The minimum Gasteiger partial charge on any atom is -0.481 e. The van der Waals surface area contributed by atoms with Crippen LogP contribution in [0.3, 0.4) is 0 Å². The van der Waals surface area contributed by atoms with Crippen LogP contribution < -0.4 is 0 Å². The van der Waals surface area contributed by atoms with E-state index in [1.54, 1.807) is 14.0 Å². The van der Waals surface area contributed by atoms with E-state index in [-0.39, 0.29) is 11.5 Å². The first-order valence-electron chi connectivity index (χ1n) is 5.74. The maximum absolute atomic E-state index is 10.8. The molecule has 0 aliphatic heterocycles. The van der Waals surface area contributed by atoms with Gasteiger partial charge in [0.15, 0.2) is 0 Å². The van der Waals surface area contributed by atoms with Gasteiger partial charge < -0.3 is 9.84 Å². The molecule has 1 aromatic carbocycles. The molecular weight excluding hydrogens is 216 g/mol. The average molecular weight is 236 g/mol. The zero-order valence-corrected chi connectivity index (χ0v) is 10.9. The summed E-state index contributed by atoms with van der Waals surface area (Å²) >= 11 is 0. The molecular formula is C14H20O3. The van der Waals surface area contributed by atoms with Gasteiger partial charge in [-0.2, -0.15) is 0 Å². The summed E-state index contributed by atoms with van der Waals surface area (Å²) in [6.45, 7) is 5.70. The Kier molecular flexibility index (Phi) is 4.29. The molecule has 0 bridgehead atoms. The van der Waals surface area contributed by atoms with Crippen LogP contribution in [0.4, 0.5) is 0 Å². The lowest BCUT2D eigenvalue weighted by molar-refractivity contribution is -0.141. The van der Waals surface area contributed by atoms with Gasteiger partial charge in [-0.1, -0.05) is 31.2 Å². The number of aliphatic carboxylic acids is 1. The molecule has 0 heterocycles. The summed E-state index contributed by atoms with van der Waals surface area (Å²) in [7, 11) is 1.67. The first-order chi connectivity index (χ1) is 7.86. The molecule has 3 heteroatoms. The molecule has 0 radical (unpaired) electrons. The SMILES string of the molecule is COC(C)(C)c1cccc(CC(C)C(=O)O)c1. The normalized spacial score (nSPS) is 13.4. The lowest BCUT2D eigenvalue weighted by Gasteiger charge is -2.24. The van der Waals surface area contributed by atoms with Gasteiger partial charge in [0, 0.05) is 7.11 Å². The van der Waals surface area contributed by atoms with Gasteiger partial charge in [0.2, 0.25) is 0 Å². The first kappa shape index (κ1) is 13.7. The summed E-state index contributed by atoms with van der Waals surface area (Å²) in [4.78, 5) is 10.8. The van der Waals surface area contributed by atoms with Crippen LogP contribution in [0.2, 0.25) is 0 Å². The van der Waals surface area contributed by atoms with Crippen LogP contribution in [0.5, 0.6) is 0 Å². The highest BCUT2D eigenvalue weighted by Crippen LogP contribution is 2.25. The van der Waals surface area contributed by atoms with Gasteiger partial charge in [-0.15, -0.1) is 0 Å². The lowest BCUT2D eigenvalue weighted by Crippen LogP contribution is -2.20. The third-order valence-electron chi connectivity index (χ3n) is 3.10. The molecule has 0 amide bonds. The van der Waals surface area contributed by atoms with Crippen LogP contribution in [0.25, 0.3) is 0 Å². The summed E-state index contributed by atoms with van der Waals surface area (Å²) < 4.78 is 5.41. The Morgan fingerprint density at radius 2 is 2.12 bits per heavy atom. The molecule has 0 aliphatic carbocycles. The van der Waals surface area contributed by atoms with E-state index in [4.69, 9.17) is 9.84 Å². The third kappa shape index (κ3) is 3.56. The van der Waals surface area contributed by atoms with Gasteiger partial charge in [-0.25, -0.2) is 0 Å². The zero-order valence-electron chi connectivity index (χ0n) is 10.9. The predicted molar refractivity (Wildman–Crippen MR) is 67.0 cm³/mol. The molecule has 1 unspecified atom stereocenters. The maximum atomic E-state index is 10.8. The number of benzene rings is 1. The summed E-state index contributed by atoms with van der Waals surface area (Å²) in [5, 5.41) is 8.89. The number of carboxylic acids is 1. The van der Waals surface area contributed by atoms with E-state index in [9.17, 15) is 4.79 Å². The molecule has 3 nitrogen and oxygen atoms in total. The molecule has 0 saturated carbocycles. The molecule has 1 aromatic rings. The van der Waals surface area contributed by atoms with E-state index in [0.717, 1.165) is 11.1 Å². The van der Waals surface area contributed by atoms with E-state index in [1.807, 2.05) is 38.1 Å². The average Bonchev–Trinajstić information content (AvgIpc) is 2.29. The van der Waals surface area contributed by atoms with Crippen LogP contribution in [0.15, 0.2) is 24.3 Å². The molecule has 0 saturated heterocycles. The fraction of sp³-hybridized carbons (Fsp3) is 0.500. The molecule has 0 spiro atoms. The molecule has 94 valence electrons. The Bertz CT molecular complexity index is 396. The second kappa shape index (κ2) is 5.32. The molecule has 0 aliphatic rings. The fourth-order valence-corrected chi connectivity index (χ4v) is 1.63. The number of rotatable bonds is 5. The van der Waals surface area contributed by atoms with Crippen molar-refractivity contribution in [1.82, 2.24) is 0 Å². The van der Waals surface area contributed by atoms with Crippen molar-refractivity contribution < 1.29 is 14.6 Å². The largest absolute Gasteiger partial charge is 0.481 e. The second-order valence-corrected chi connectivity index (χ2v) is 4.86. The Morgan fingerprint density at radius 3 is 2.65 bits per heavy atom. The van der Waals surface area contributed by atoms with Gasteiger partial charge in [0.25, 0.3) is 0 Å². The number of methoxy groups -OCH3 is 1. The quantitative estimate of drug-likeness (QED) is 0.855. The predicted octanol–water partition coefficient (Wildman–Crippen LogP) is 2.83. The Morgan fingerprint density at radius 1 is 1.47 bits per heavy atom. The highest BCUT2D eigenvalue weighted by molar-refractivity contribution is 5.69. The van der Waals surface area contributed by atoms with Crippen LogP contribution in [0, 0.1) is 5.92 Å². The van der Waals surface area contributed by atoms with E-state index < -0.39 is 5.97 Å². The van der Waals surface area contributed by atoms with Gasteiger partial charge >= 0.3 is 5.97 Å². The van der Waals surface area contributed by atoms with Crippen molar-refractivity contribution in [1.29, 1.82) is 0 Å². The van der Waals surface area contributed by atoms with Crippen molar-refractivity contribution in [3.63, 3.8) is 0 Å². The van der Waals surface area contributed by atoms with Crippen molar-refractivity contribution in [2.24, 2.45) is 5.92 Å². The van der Waals surface area contributed by atoms with Crippen molar-refractivity contribution >= 4 is 5.97 Å². The lowest BCUT2D eigenvalue weighted by atomic mass is 9.93. The topological polar surface area (TPSA) is 46.5 Å². The highest BCUT2D eigenvalue weighted by atomic mass is 16.5. The number of carboxylic acid groups (broad SMARTS) is 1. The van der Waals surface area contributed by atoms with Crippen molar-refractivity contribution in [2.45, 2.75) is 32.8 Å². The molecule has 0 fully saturated rings. The van der Waals surface area contributed by atoms with Crippen LogP contribution in [-0.4, -0.2) is 18.2 Å². The minimum absolute atomic E-state index is 0.345. The van der Waals surface area contributed by atoms with Crippen molar-refractivity contribution in [2.75, 3.05) is 7.11 Å². The van der Waals surface area contributed by atoms with E-state index in [2.05, 4.69) is 0 Å². The van der Waals surface area contributed by atoms with Crippen molar-refractivity contribution in [3.8, 4) is 0 Å². The standard InChI is InChI=1S/C14H20O3/c1-10(13(15)16)8-11-6-5-7-12(9-11)14(2,3)17-4/h5-7,9-10H,8H2,1-4H3,(H,15,16). The second-order valence-electron chi connectivity index (χ2n) is 4.86. The first-order valence-corrected chi connectivity index (χ1v) is 5.74. The molecule has 1 atom stereocenters. The van der Waals surface area contributed by atoms with Gasteiger partial charge in [0.1, 0.15) is 0 Å². The molecule has 1 N–H and O–H groups in total. The number of carbonyl (C=O) groups is 1. The van der Waals surface area contributed by atoms with Gasteiger partial charge in [-0.3, -0.25) is 4.79 Å². The van der Waals surface area contributed by atoms with Crippen LogP contribution >= 0.6 is 0 Å². The third-order valence-corrected chi connectivity index (χ3v) is 3.10. The van der Waals surface area contributed by atoms with Gasteiger partial charge in [-0.05, 0) is 31.4 Å². The smallest absolute Gasteiger partial charge is 0.306 e. The van der Waals surface area contributed by atoms with E-state index >= 15 is 0 Å². The molecule has 17 heavy (non-hydrogen) atoms. The molecule has 0 aromatic heterocycles. The Hall–Kier alpha value is -1.35. The Balaban J connectivity index is 2.90. The van der Waals surface area contributed by atoms with E-state index in [1.165, 1.54) is 0 Å². The van der Waals surface area contributed by atoms with E-state index in [0.29, 0.717) is 6.42 Å². The summed E-state index contributed by atoms with van der Waals surface area (Å²) in [5.74, 6) is -1.13.